The zero-order valence-electron chi connectivity index (χ0n) is 14.7. The molecule has 0 radical (unpaired) electrons. The number of hydrogen-bond donors (Lipinski definition) is 2. The molecule has 0 aliphatic heterocycles. The van der Waals surface area contributed by atoms with Gasteiger partial charge in [-0.05, 0) is 48.7 Å². The predicted octanol–water partition coefficient (Wildman–Crippen LogP) is 4.67. The van der Waals surface area contributed by atoms with Crippen LogP contribution in [0.4, 0.5) is 5.82 Å². The van der Waals surface area contributed by atoms with Crippen LogP contribution in [0.3, 0.4) is 0 Å². The smallest absolute Gasteiger partial charge is 0.139 e. The lowest BCUT2D eigenvalue weighted by molar-refractivity contribution is 0.477. The molecule has 130 valence electrons. The van der Waals surface area contributed by atoms with Gasteiger partial charge in [0.1, 0.15) is 22.9 Å². The Morgan fingerprint density at radius 1 is 1.00 bits per heavy atom. The first kappa shape index (κ1) is 16.2. The van der Waals surface area contributed by atoms with Gasteiger partial charge in [0.2, 0.25) is 0 Å². The molecule has 0 saturated carbocycles. The predicted molar refractivity (Wildman–Crippen MR) is 106 cm³/mol. The maximum atomic E-state index is 10.3. The Morgan fingerprint density at radius 2 is 1.77 bits per heavy atom. The van der Waals surface area contributed by atoms with E-state index in [0.29, 0.717) is 0 Å². The third-order valence-corrected chi connectivity index (χ3v) is 4.49. The van der Waals surface area contributed by atoms with Crippen LogP contribution in [-0.2, 0) is 6.42 Å². The van der Waals surface area contributed by atoms with Crippen LogP contribution in [-0.4, -0.2) is 21.0 Å². The standard InChI is InChI=1S/C22H21N3O/c1-16-12-14-25-20(15-16)24-21(18-9-5-6-10-19(18)26)22(25)23-13-11-17-7-3-2-4-8-17/h2-10,12,14-15,23,26H,11,13H2,1H3. The molecule has 4 heteroatoms. The fraction of sp³-hybridized carbons (Fsp3) is 0.136. The second-order valence-corrected chi connectivity index (χ2v) is 6.42. The van der Waals surface area contributed by atoms with Crippen LogP contribution >= 0.6 is 0 Å². The van der Waals surface area contributed by atoms with Gasteiger partial charge in [0.15, 0.2) is 0 Å². The molecule has 0 unspecified atom stereocenters. The van der Waals surface area contributed by atoms with Gasteiger partial charge in [-0.25, -0.2) is 4.98 Å². The molecular formula is C22H21N3O. The molecule has 4 nitrogen and oxygen atoms in total. The van der Waals surface area contributed by atoms with Gasteiger partial charge in [-0.3, -0.25) is 4.40 Å². The number of para-hydroxylation sites is 1. The zero-order chi connectivity index (χ0) is 17.9. The monoisotopic (exact) mass is 343 g/mol. The molecule has 0 saturated heterocycles. The summed E-state index contributed by atoms with van der Waals surface area (Å²) < 4.78 is 2.04. The second-order valence-electron chi connectivity index (χ2n) is 6.42. The van der Waals surface area contributed by atoms with E-state index >= 15 is 0 Å². The summed E-state index contributed by atoms with van der Waals surface area (Å²) in [6.07, 6.45) is 2.94. The summed E-state index contributed by atoms with van der Waals surface area (Å²) in [7, 11) is 0. The first-order valence-electron chi connectivity index (χ1n) is 8.77. The van der Waals surface area contributed by atoms with E-state index in [4.69, 9.17) is 4.98 Å². The number of pyridine rings is 1. The van der Waals surface area contributed by atoms with E-state index in [1.54, 1.807) is 6.07 Å². The Morgan fingerprint density at radius 3 is 2.58 bits per heavy atom. The van der Waals surface area contributed by atoms with Crippen LogP contribution in [0.5, 0.6) is 5.75 Å². The van der Waals surface area contributed by atoms with E-state index in [1.807, 2.05) is 40.9 Å². The highest BCUT2D eigenvalue weighted by atomic mass is 16.3. The number of benzene rings is 2. The number of phenols is 1. The van der Waals surface area contributed by atoms with Crippen LogP contribution in [0.25, 0.3) is 16.9 Å². The number of aromatic nitrogens is 2. The minimum absolute atomic E-state index is 0.235. The number of imidazole rings is 1. The van der Waals surface area contributed by atoms with E-state index in [-0.39, 0.29) is 5.75 Å². The first-order valence-corrected chi connectivity index (χ1v) is 8.77. The fourth-order valence-electron chi connectivity index (χ4n) is 3.15. The molecule has 2 aromatic heterocycles. The summed E-state index contributed by atoms with van der Waals surface area (Å²) in [4.78, 5) is 4.77. The number of nitrogens with one attached hydrogen (secondary N) is 1. The Kier molecular flexibility index (Phi) is 4.32. The summed E-state index contributed by atoms with van der Waals surface area (Å²) in [6.45, 7) is 2.84. The maximum Gasteiger partial charge on any atom is 0.139 e. The van der Waals surface area contributed by atoms with E-state index < -0.39 is 0 Å². The van der Waals surface area contributed by atoms with Gasteiger partial charge in [0, 0.05) is 18.3 Å². The molecule has 2 heterocycles. The number of rotatable bonds is 5. The Bertz CT molecular complexity index is 1040. The number of fused-ring (bicyclic) bond motifs is 1. The van der Waals surface area contributed by atoms with Gasteiger partial charge >= 0.3 is 0 Å². The molecule has 0 atom stereocenters. The van der Waals surface area contributed by atoms with Crippen LogP contribution in [0.1, 0.15) is 11.1 Å². The van der Waals surface area contributed by atoms with Crippen molar-refractivity contribution in [1.82, 2.24) is 9.38 Å². The molecule has 2 aromatic carbocycles. The highest BCUT2D eigenvalue weighted by Gasteiger charge is 2.16. The lowest BCUT2D eigenvalue weighted by Crippen LogP contribution is -2.07. The van der Waals surface area contributed by atoms with E-state index in [1.165, 1.54) is 5.56 Å². The highest BCUT2D eigenvalue weighted by Crippen LogP contribution is 2.34. The largest absolute Gasteiger partial charge is 0.507 e. The van der Waals surface area contributed by atoms with E-state index in [2.05, 4.69) is 42.6 Å². The van der Waals surface area contributed by atoms with Gasteiger partial charge in [0.25, 0.3) is 0 Å². The molecule has 0 spiro atoms. The lowest BCUT2D eigenvalue weighted by atomic mass is 10.1. The van der Waals surface area contributed by atoms with Crippen molar-refractivity contribution in [2.24, 2.45) is 0 Å². The number of nitrogens with zero attached hydrogens (tertiary/aromatic N) is 2. The fourth-order valence-corrected chi connectivity index (χ4v) is 3.15. The summed E-state index contributed by atoms with van der Waals surface area (Å²) in [5.74, 6) is 1.14. The second kappa shape index (κ2) is 6.92. The summed E-state index contributed by atoms with van der Waals surface area (Å²) in [5.41, 5.74) is 4.80. The topological polar surface area (TPSA) is 49.6 Å². The molecular weight excluding hydrogens is 322 g/mol. The van der Waals surface area contributed by atoms with Crippen molar-refractivity contribution in [2.45, 2.75) is 13.3 Å². The van der Waals surface area contributed by atoms with Crippen molar-refractivity contribution in [3.63, 3.8) is 0 Å². The van der Waals surface area contributed by atoms with Crippen LogP contribution in [0, 0.1) is 6.92 Å². The minimum atomic E-state index is 0.235. The SMILES string of the molecule is Cc1ccn2c(NCCc3ccccc3)c(-c3ccccc3O)nc2c1. The van der Waals surface area contributed by atoms with Crippen molar-refractivity contribution < 1.29 is 5.11 Å². The molecule has 4 rings (SSSR count). The number of anilines is 1. The Labute approximate surface area is 152 Å². The van der Waals surface area contributed by atoms with Crippen molar-refractivity contribution in [3.05, 3.63) is 84.1 Å². The lowest BCUT2D eigenvalue weighted by Gasteiger charge is -2.10. The molecule has 0 aliphatic carbocycles. The van der Waals surface area contributed by atoms with Crippen molar-refractivity contribution in [1.29, 1.82) is 0 Å². The average molecular weight is 343 g/mol. The highest BCUT2D eigenvalue weighted by molar-refractivity contribution is 5.80. The molecule has 0 bridgehead atoms. The van der Waals surface area contributed by atoms with Crippen LogP contribution in [0.2, 0.25) is 0 Å². The number of aromatic hydroxyl groups is 1. The van der Waals surface area contributed by atoms with Crippen LogP contribution < -0.4 is 5.32 Å². The number of hydrogen-bond acceptors (Lipinski definition) is 3. The zero-order valence-corrected chi connectivity index (χ0v) is 14.7. The van der Waals surface area contributed by atoms with Gasteiger partial charge in [-0.1, -0.05) is 42.5 Å². The molecule has 2 N–H and O–H groups in total. The van der Waals surface area contributed by atoms with Gasteiger partial charge < -0.3 is 10.4 Å². The van der Waals surface area contributed by atoms with Gasteiger partial charge in [-0.2, -0.15) is 0 Å². The summed E-state index contributed by atoms with van der Waals surface area (Å²) in [6, 6.07) is 21.8. The minimum Gasteiger partial charge on any atom is -0.507 e. The van der Waals surface area contributed by atoms with Crippen molar-refractivity contribution in [2.75, 3.05) is 11.9 Å². The summed E-state index contributed by atoms with van der Waals surface area (Å²) >= 11 is 0. The molecule has 0 aliphatic rings. The third kappa shape index (κ3) is 3.14. The van der Waals surface area contributed by atoms with Gasteiger partial charge in [0.05, 0.1) is 0 Å². The molecule has 0 amide bonds. The summed E-state index contributed by atoms with van der Waals surface area (Å²) in [5, 5.41) is 13.8. The Hall–Kier alpha value is -3.27. The number of aryl methyl sites for hydroxylation is 1. The average Bonchev–Trinajstić information content (AvgIpc) is 3.00. The van der Waals surface area contributed by atoms with Gasteiger partial charge in [-0.15, -0.1) is 0 Å². The van der Waals surface area contributed by atoms with Crippen LogP contribution in [0.15, 0.2) is 72.9 Å². The van der Waals surface area contributed by atoms with Crippen molar-refractivity contribution >= 4 is 11.5 Å². The first-order chi connectivity index (χ1) is 12.7. The van der Waals surface area contributed by atoms with E-state index in [9.17, 15) is 5.11 Å². The maximum absolute atomic E-state index is 10.3. The normalized spacial score (nSPS) is 11.0. The molecule has 0 fully saturated rings. The third-order valence-electron chi connectivity index (χ3n) is 4.49. The van der Waals surface area contributed by atoms with Crippen molar-refractivity contribution in [3.8, 4) is 17.0 Å². The number of phenolic OH excluding ortho intramolecular Hbond substituents is 1. The quantitative estimate of drug-likeness (QED) is 0.554. The Balaban J connectivity index is 1.71. The van der Waals surface area contributed by atoms with E-state index in [0.717, 1.165) is 41.3 Å². The molecule has 26 heavy (non-hydrogen) atoms. The molecule has 4 aromatic rings.